The zero-order valence-corrected chi connectivity index (χ0v) is 21.1. The number of methoxy groups -OCH3 is 1. The quantitative estimate of drug-likeness (QED) is 0.436. The maximum Gasteiger partial charge on any atom is 0.249 e. The highest BCUT2D eigenvalue weighted by molar-refractivity contribution is 7.13. The first-order valence-electron chi connectivity index (χ1n) is 11.4. The van der Waals surface area contributed by atoms with Gasteiger partial charge in [-0.1, -0.05) is 51.1 Å². The number of thiazole rings is 1. The maximum absolute atomic E-state index is 13.2. The number of hydrogen-bond donors (Lipinski definition) is 1. The lowest BCUT2D eigenvalue weighted by atomic mass is 9.84. The number of aromatic nitrogens is 3. The van der Waals surface area contributed by atoms with Crippen molar-refractivity contribution in [3.05, 3.63) is 59.5 Å². The first-order chi connectivity index (χ1) is 16.2. The van der Waals surface area contributed by atoms with Gasteiger partial charge in [0.05, 0.1) is 6.04 Å². The van der Waals surface area contributed by atoms with E-state index in [0.29, 0.717) is 19.5 Å². The van der Waals surface area contributed by atoms with Crippen molar-refractivity contribution in [1.82, 2.24) is 19.4 Å². The summed E-state index contributed by atoms with van der Waals surface area (Å²) in [5.74, 6) is 0.568. The molecule has 0 unspecified atom stereocenters. The fourth-order valence-electron chi connectivity index (χ4n) is 3.99. The van der Waals surface area contributed by atoms with Crippen molar-refractivity contribution in [1.29, 1.82) is 0 Å². The van der Waals surface area contributed by atoms with Crippen molar-refractivity contribution in [3.63, 3.8) is 0 Å². The van der Waals surface area contributed by atoms with E-state index < -0.39 is 12.7 Å². The van der Waals surface area contributed by atoms with E-state index in [4.69, 9.17) is 15.5 Å². The predicted octanol–water partition coefficient (Wildman–Crippen LogP) is 4.30. The summed E-state index contributed by atoms with van der Waals surface area (Å²) < 4.78 is 20.4. The minimum atomic E-state index is -0.636. The van der Waals surface area contributed by atoms with E-state index in [9.17, 15) is 9.18 Å². The molecule has 1 aromatic carbocycles. The number of carbonyl (C=O) groups excluding carboxylic acids is 1. The number of amides is 1. The van der Waals surface area contributed by atoms with Crippen LogP contribution in [0.1, 0.15) is 44.6 Å². The average molecular weight is 488 g/mol. The Balaban J connectivity index is 2.10. The van der Waals surface area contributed by atoms with Gasteiger partial charge in [0.2, 0.25) is 5.91 Å². The number of carbonyl (C=O) groups is 1. The van der Waals surface area contributed by atoms with Gasteiger partial charge in [0.25, 0.3) is 0 Å². The molecule has 9 heteroatoms. The first kappa shape index (κ1) is 26.0. The van der Waals surface area contributed by atoms with Crippen molar-refractivity contribution in [2.75, 3.05) is 26.9 Å². The lowest BCUT2D eigenvalue weighted by Crippen LogP contribution is -2.45. The minimum Gasteiger partial charge on any atom is -0.375 e. The number of benzene rings is 1. The number of alkyl halides is 1. The first-order valence-corrected chi connectivity index (χ1v) is 12.2. The van der Waals surface area contributed by atoms with Gasteiger partial charge in [-0.05, 0) is 17.4 Å². The molecule has 0 saturated carbocycles. The summed E-state index contributed by atoms with van der Waals surface area (Å²) in [6, 6.07) is 9.09. The van der Waals surface area contributed by atoms with Crippen molar-refractivity contribution < 1.29 is 13.9 Å². The van der Waals surface area contributed by atoms with Crippen LogP contribution in [-0.2, 0) is 16.1 Å². The Morgan fingerprint density at radius 1 is 1.29 bits per heavy atom. The SMILES string of the molecule is COCC(=O)N(CC[C@H](N)CF)[C@@H](c1nc(-c2nccs2)cn1Cc1ccccc1)C(C)(C)C. The summed E-state index contributed by atoms with van der Waals surface area (Å²) in [6.07, 6.45) is 4.09. The predicted molar refractivity (Wildman–Crippen MR) is 133 cm³/mol. The molecule has 2 N–H and O–H groups in total. The summed E-state index contributed by atoms with van der Waals surface area (Å²) in [7, 11) is 1.49. The van der Waals surface area contributed by atoms with Crippen LogP contribution < -0.4 is 5.73 Å². The topological polar surface area (TPSA) is 86.3 Å². The Hall–Kier alpha value is -2.62. The number of nitrogens with two attached hydrogens (primary N) is 1. The molecule has 7 nitrogen and oxygen atoms in total. The van der Waals surface area contributed by atoms with Crippen LogP contribution in [0, 0.1) is 5.41 Å². The minimum absolute atomic E-state index is 0.0732. The standard InChI is InChI=1S/C25H34FN5O2S/c1-25(2,3)22(31(21(32)17-33-4)12-10-19(27)14-26)23-29-20(24-28-11-13-34-24)16-30(23)15-18-8-6-5-7-9-18/h5-9,11,13,16,19,22H,10,12,14-15,17,27H2,1-4H3/t19-,22-/m0/s1. The Morgan fingerprint density at radius 2 is 2.03 bits per heavy atom. The van der Waals surface area contributed by atoms with E-state index in [-0.39, 0.29) is 24.0 Å². The van der Waals surface area contributed by atoms with Gasteiger partial charge in [-0.15, -0.1) is 11.3 Å². The van der Waals surface area contributed by atoms with E-state index in [0.717, 1.165) is 22.1 Å². The van der Waals surface area contributed by atoms with Gasteiger partial charge < -0.3 is 19.9 Å². The molecular weight excluding hydrogens is 453 g/mol. The molecule has 0 fully saturated rings. The van der Waals surface area contributed by atoms with E-state index >= 15 is 0 Å². The van der Waals surface area contributed by atoms with Crippen LogP contribution in [-0.4, -0.2) is 58.3 Å². The third-order valence-corrected chi connectivity index (χ3v) is 6.35. The molecule has 184 valence electrons. The normalized spacial score (nSPS) is 13.6. The number of halogens is 1. The number of hydrogen-bond acceptors (Lipinski definition) is 6. The third-order valence-electron chi connectivity index (χ3n) is 5.56. The van der Waals surface area contributed by atoms with Gasteiger partial charge in [-0.2, -0.15) is 0 Å². The zero-order chi connectivity index (χ0) is 24.7. The molecule has 2 atom stereocenters. The van der Waals surface area contributed by atoms with Crippen molar-refractivity contribution >= 4 is 17.2 Å². The fraction of sp³-hybridized carbons (Fsp3) is 0.480. The van der Waals surface area contributed by atoms with Crippen LogP contribution in [0.5, 0.6) is 0 Å². The summed E-state index contributed by atoms with van der Waals surface area (Å²) in [4.78, 5) is 24.4. The molecule has 1 amide bonds. The maximum atomic E-state index is 13.2. The second kappa shape index (κ2) is 11.7. The molecule has 0 bridgehead atoms. The van der Waals surface area contributed by atoms with Gasteiger partial charge in [0, 0.05) is 44.0 Å². The molecule has 34 heavy (non-hydrogen) atoms. The molecule has 0 aliphatic heterocycles. The lowest BCUT2D eigenvalue weighted by Gasteiger charge is -2.40. The third kappa shape index (κ3) is 6.49. The highest BCUT2D eigenvalue weighted by Crippen LogP contribution is 2.39. The van der Waals surface area contributed by atoms with E-state index in [1.54, 1.807) is 11.1 Å². The van der Waals surface area contributed by atoms with Gasteiger partial charge in [-0.25, -0.2) is 14.4 Å². The summed E-state index contributed by atoms with van der Waals surface area (Å²) in [5, 5.41) is 2.73. The monoisotopic (exact) mass is 487 g/mol. The molecule has 3 aromatic rings. The average Bonchev–Trinajstić information content (AvgIpc) is 3.46. The Bertz CT molecular complexity index is 1030. The van der Waals surface area contributed by atoms with Gasteiger partial charge in [-0.3, -0.25) is 4.79 Å². The second-order valence-electron chi connectivity index (χ2n) is 9.43. The molecule has 3 rings (SSSR count). The highest BCUT2D eigenvalue weighted by Gasteiger charge is 2.38. The Labute approximate surface area is 204 Å². The Kier molecular flexibility index (Phi) is 8.93. The molecule has 0 spiro atoms. The number of nitrogens with zero attached hydrogens (tertiary/aromatic N) is 4. The van der Waals surface area contributed by atoms with E-state index in [1.165, 1.54) is 18.4 Å². The molecule has 2 aromatic heterocycles. The molecule has 0 aliphatic carbocycles. The molecule has 0 aliphatic rings. The zero-order valence-electron chi connectivity index (χ0n) is 20.3. The molecule has 0 saturated heterocycles. The number of ether oxygens (including phenoxy) is 1. The van der Waals surface area contributed by atoms with Crippen LogP contribution >= 0.6 is 11.3 Å². The van der Waals surface area contributed by atoms with Crippen LogP contribution in [0.4, 0.5) is 4.39 Å². The molecular formula is C25H34FN5O2S. The lowest BCUT2D eigenvalue weighted by molar-refractivity contribution is -0.140. The van der Waals surface area contributed by atoms with E-state index in [1.807, 2.05) is 29.8 Å². The summed E-state index contributed by atoms with van der Waals surface area (Å²) in [5.41, 5.74) is 7.38. The molecule has 2 heterocycles. The van der Waals surface area contributed by atoms with Crippen LogP contribution in [0.25, 0.3) is 10.7 Å². The van der Waals surface area contributed by atoms with Crippen LogP contribution in [0.2, 0.25) is 0 Å². The fourth-order valence-corrected chi connectivity index (χ4v) is 4.58. The van der Waals surface area contributed by atoms with Crippen LogP contribution in [0.3, 0.4) is 0 Å². The number of rotatable bonds is 11. The largest absolute Gasteiger partial charge is 0.375 e. The van der Waals surface area contributed by atoms with Gasteiger partial charge in [0.15, 0.2) is 0 Å². The van der Waals surface area contributed by atoms with Crippen molar-refractivity contribution in [2.45, 2.75) is 45.8 Å². The van der Waals surface area contributed by atoms with E-state index in [2.05, 4.69) is 42.5 Å². The second-order valence-corrected chi connectivity index (χ2v) is 10.3. The summed E-state index contributed by atoms with van der Waals surface area (Å²) in [6.45, 7) is 6.41. The smallest absolute Gasteiger partial charge is 0.249 e. The van der Waals surface area contributed by atoms with Gasteiger partial charge >= 0.3 is 0 Å². The number of imidazole rings is 1. The van der Waals surface area contributed by atoms with Crippen molar-refractivity contribution in [2.24, 2.45) is 11.1 Å². The van der Waals surface area contributed by atoms with Crippen molar-refractivity contribution in [3.8, 4) is 10.7 Å². The summed E-state index contributed by atoms with van der Waals surface area (Å²) >= 11 is 1.52. The Morgan fingerprint density at radius 3 is 2.62 bits per heavy atom. The van der Waals surface area contributed by atoms with Crippen LogP contribution in [0.15, 0.2) is 48.1 Å². The highest BCUT2D eigenvalue weighted by atomic mass is 32.1. The molecule has 0 radical (unpaired) electrons. The van der Waals surface area contributed by atoms with Gasteiger partial charge in [0.1, 0.15) is 29.8 Å².